The van der Waals surface area contributed by atoms with Crippen LogP contribution in [0, 0.1) is 11.3 Å². The predicted molar refractivity (Wildman–Crippen MR) is 105 cm³/mol. The lowest BCUT2D eigenvalue weighted by Gasteiger charge is -2.40. The first-order chi connectivity index (χ1) is 14.4. The zero-order valence-electron chi connectivity index (χ0n) is 16.5. The number of carbonyl (C=O) groups is 1. The Bertz CT molecular complexity index is 935. The summed E-state index contributed by atoms with van der Waals surface area (Å²) in [6.07, 6.45) is 5.11. The predicted octanol–water partition coefficient (Wildman–Crippen LogP) is 5.15. The quantitative estimate of drug-likeness (QED) is 0.685. The highest BCUT2D eigenvalue weighted by molar-refractivity contribution is 5.99. The van der Waals surface area contributed by atoms with Gasteiger partial charge >= 0.3 is 6.18 Å². The summed E-state index contributed by atoms with van der Waals surface area (Å²) in [5.74, 6) is 0.236. The van der Waals surface area contributed by atoms with Gasteiger partial charge in [-0.15, -0.1) is 0 Å². The molecule has 2 fully saturated rings. The zero-order valence-corrected chi connectivity index (χ0v) is 16.5. The molecule has 3 aliphatic rings. The Hall–Kier alpha value is -2.75. The number of allylic oxidation sites excluding steroid dienone is 2. The Labute approximate surface area is 173 Å². The molecule has 0 N–H and O–H groups in total. The monoisotopic (exact) mass is 416 g/mol. The van der Waals surface area contributed by atoms with Crippen molar-refractivity contribution in [2.45, 2.75) is 63.3 Å². The lowest BCUT2D eigenvalue weighted by Crippen LogP contribution is -2.47. The van der Waals surface area contributed by atoms with Gasteiger partial charge in [-0.1, -0.05) is 12.2 Å². The second-order valence-electron chi connectivity index (χ2n) is 8.04. The number of benzene rings is 1. The first-order valence-electron chi connectivity index (χ1n) is 10.4. The molecule has 1 aromatic carbocycles. The average Bonchev–Trinajstić information content (AvgIpc) is 2.74. The van der Waals surface area contributed by atoms with Crippen molar-refractivity contribution in [2.24, 2.45) is 0 Å². The lowest BCUT2D eigenvalue weighted by atomic mass is 9.86. The van der Waals surface area contributed by atoms with Gasteiger partial charge in [0.2, 0.25) is 0 Å². The number of fused-ring (bicyclic) bond motifs is 1. The van der Waals surface area contributed by atoms with Gasteiger partial charge in [0.05, 0.1) is 23.3 Å². The van der Waals surface area contributed by atoms with E-state index in [1.54, 1.807) is 6.07 Å². The number of carbonyl (C=O) groups excluding carboxylic acids is 1. The molecule has 30 heavy (non-hydrogen) atoms. The maximum Gasteiger partial charge on any atom is 0.417 e. The number of nitrogens with zero attached hydrogens (tertiary/aromatic N) is 2. The van der Waals surface area contributed by atoms with Gasteiger partial charge in [-0.25, -0.2) is 0 Å². The molecule has 0 atom stereocenters. The van der Waals surface area contributed by atoms with E-state index in [-0.39, 0.29) is 23.8 Å². The third-order valence-electron chi connectivity index (χ3n) is 6.17. The minimum atomic E-state index is -4.60. The van der Waals surface area contributed by atoms with Crippen LogP contribution in [-0.2, 0) is 11.0 Å². The highest BCUT2D eigenvalue weighted by Crippen LogP contribution is 2.36. The number of piperidine rings is 1. The Balaban J connectivity index is 1.38. The van der Waals surface area contributed by atoms with Gasteiger partial charge in [0.25, 0.3) is 5.91 Å². The topological polar surface area (TPSA) is 53.3 Å². The number of hydrogen-bond donors (Lipinski definition) is 0. The maximum atomic E-state index is 13.2. The minimum absolute atomic E-state index is 0.110. The molecule has 7 heteroatoms. The molecule has 1 saturated carbocycles. The number of halogens is 3. The minimum Gasteiger partial charge on any atom is -0.490 e. The maximum absolute atomic E-state index is 13.2. The fourth-order valence-electron chi connectivity index (χ4n) is 4.63. The SMILES string of the molecule is N#Cc1ccc(OC2CCC(N3CCC4=CCCC=C4C3=O)CC2)cc1C(F)(F)F. The van der Waals surface area contributed by atoms with Gasteiger partial charge in [0, 0.05) is 18.2 Å². The van der Waals surface area contributed by atoms with Crippen molar-refractivity contribution in [3.8, 4) is 11.8 Å². The number of hydrogen-bond acceptors (Lipinski definition) is 3. The van der Waals surface area contributed by atoms with E-state index in [4.69, 9.17) is 10.00 Å². The van der Waals surface area contributed by atoms with Gasteiger partial charge in [-0.2, -0.15) is 18.4 Å². The van der Waals surface area contributed by atoms with E-state index >= 15 is 0 Å². The fourth-order valence-corrected chi connectivity index (χ4v) is 4.63. The highest BCUT2D eigenvalue weighted by Gasteiger charge is 2.36. The van der Waals surface area contributed by atoms with Crippen LogP contribution in [0.25, 0.3) is 0 Å². The molecule has 2 aliphatic carbocycles. The van der Waals surface area contributed by atoms with Crippen molar-refractivity contribution in [2.75, 3.05) is 6.54 Å². The molecule has 1 aromatic rings. The average molecular weight is 416 g/mol. The van der Waals surface area contributed by atoms with Crippen molar-refractivity contribution in [3.63, 3.8) is 0 Å². The van der Waals surface area contributed by atoms with Gasteiger partial charge in [0.1, 0.15) is 5.75 Å². The van der Waals surface area contributed by atoms with Crippen molar-refractivity contribution < 1.29 is 22.7 Å². The van der Waals surface area contributed by atoms with Gasteiger partial charge < -0.3 is 9.64 Å². The molecular weight excluding hydrogens is 393 g/mol. The van der Waals surface area contributed by atoms with Gasteiger partial charge in [-0.3, -0.25) is 4.79 Å². The van der Waals surface area contributed by atoms with Crippen LogP contribution >= 0.6 is 0 Å². The number of amides is 1. The van der Waals surface area contributed by atoms with Crippen molar-refractivity contribution in [3.05, 3.63) is 52.6 Å². The summed E-state index contributed by atoms with van der Waals surface area (Å²) < 4.78 is 45.3. The molecule has 0 unspecified atom stereocenters. The van der Waals surface area contributed by atoms with E-state index in [0.29, 0.717) is 12.8 Å². The van der Waals surface area contributed by atoms with Crippen LogP contribution < -0.4 is 4.74 Å². The first kappa shape index (κ1) is 20.5. The number of likely N-dealkylation sites (tertiary alicyclic amines) is 1. The Morgan fingerprint density at radius 3 is 2.53 bits per heavy atom. The van der Waals surface area contributed by atoms with E-state index in [1.807, 2.05) is 11.0 Å². The van der Waals surface area contributed by atoms with Crippen LogP contribution in [0.1, 0.15) is 56.1 Å². The summed E-state index contributed by atoms with van der Waals surface area (Å²) in [5.41, 5.74) is 0.635. The highest BCUT2D eigenvalue weighted by atomic mass is 19.4. The van der Waals surface area contributed by atoms with Crippen molar-refractivity contribution in [1.82, 2.24) is 4.90 Å². The van der Waals surface area contributed by atoms with E-state index in [0.717, 1.165) is 56.4 Å². The summed E-state index contributed by atoms with van der Waals surface area (Å²) >= 11 is 0. The van der Waals surface area contributed by atoms with Gasteiger partial charge in [-0.05, 0) is 68.7 Å². The Kier molecular flexibility index (Phi) is 5.59. The van der Waals surface area contributed by atoms with E-state index in [2.05, 4.69) is 6.08 Å². The Morgan fingerprint density at radius 2 is 1.83 bits per heavy atom. The summed E-state index contributed by atoms with van der Waals surface area (Å²) in [6, 6.07) is 5.20. The first-order valence-corrected chi connectivity index (χ1v) is 10.4. The third-order valence-corrected chi connectivity index (χ3v) is 6.17. The van der Waals surface area contributed by atoms with E-state index in [9.17, 15) is 18.0 Å². The fraction of sp³-hybridized carbons (Fsp3) is 0.478. The molecule has 4 rings (SSSR count). The number of alkyl halides is 3. The number of ether oxygens (including phenoxy) is 1. The molecule has 0 bridgehead atoms. The largest absolute Gasteiger partial charge is 0.490 e. The molecule has 1 amide bonds. The number of rotatable bonds is 3. The van der Waals surface area contributed by atoms with Crippen LogP contribution in [0.15, 0.2) is 41.5 Å². The van der Waals surface area contributed by atoms with E-state index < -0.39 is 17.3 Å². The smallest absolute Gasteiger partial charge is 0.417 e. The van der Waals surface area contributed by atoms with Crippen LogP contribution in [0.4, 0.5) is 13.2 Å². The molecule has 1 aliphatic heterocycles. The van der Waals surface area contributed by atoms with Crippen LogP contribution in [-0.4, -0.2) is 29.5 Å². The Morgan fingerprint density at radius 1 is 1.10 bits per heavy atom. The van der Waals surface area contributed by atoms with Crippen LogP contribution in [0.5, 0.6) is 5.75 Å². The van der Waals surface area contributed by atoms with E-state index in [1.165, 1.54) is 11.6 Å². The zero-order chi connectivity index (χ0) is 21.3. The summed E-state index contributed by atoms with van der Waals surface area (Å²) in [6.45, 7) is 0.725. The summed E-state index contributed by atoms with van der Waals surface area (Å²) in [4.78, 5) is 14.8. The van der Waals surface area contributed by atoms with Crippen LogP contribution in [0.3, 0.4) is 0 Å². The summed E-state index contributed by atoms with van der Waals surface area (Å²) in [7, 11) is 0. The molecule has 0 spiro atoms. The molecule has 1 saturated heterocycles. The second kappa shape index (κ2) is 8.17. The lowest BCUT2D eigenvalue weighted by molar-refractivity contribution is -0.138. The van der Waals surface area contributed by atoms with Crippen molar-refractivity contribution >= 4 is 5.91 Å². The normalized spacial score (nSPS) is 24.5. The molecule has 0 radical (unpaired) electrons. The molecule has 158 valence electrons. The summed E-state index contributed by atoms with van der Waals surface area (Å²) in [5, 5.41) is 8.91. The molecular formula is C23H23F3N2O2. The molecule has 0 aromatic heterocycles. The standard InChI is InChI=1S/C23H23F3N2O2/c24-23(25,26)21-13-19(8-5-16(21)14-27)30-18-9-6-17(7-10-18)28-12-11-15-3-1-2-4-20(15)22(28)29/h3-5,8,13,17-18H,1-2,6-7,9-12H2. The molecule has 1 heterocycles. The second-order valence-corrected chi connectivity index (χ2v) is 8.04. The van der Waals surface area contributed by atoms with Crippen LogP contribution in [0.2, 0.25) is 0 Å². The number of nitriles is 1. The molecule has 4 nitrogen and oxygen atoms in total. The third kappa shape index (κ3) is 4.09. The van der Waals surface area contributed by atoms with Gasteiger partial charge in [0.15, 0.2) is 0 Å². The van der Waals surface area contributed by atoms with Crippen molar-refractivity contribution in [1.29, 1.82) is 5.26 Å².